The number of β-amino-alcohol motifs (C(OH)–C–C–N with tert-alkyl or cyclic N) is 1. The minimum Gasteiger partial charge on any atom is -0.383 e. The Morgan fingerprint density at radius 3 is 2.36 bits per heavy atom. The number of aliphatic hydroxyl groups is 1. The molecular weight excluding hydrogens is 176 g/mol. The van der Waals surface area contributed by atoms with Crippen molar-refractivity contribution in [3.05, 3.63) is 0 Å². The van der Waals surface area contributed by atoms with Crippen LogP contribution in [0.4, 0.5) is 8.78 Å². The Hall–Kier alpha value is 0.0700. The summed E-state index contributed by atoms with van der Waals surface area (Å²) in [4.78, 5) is 0. The summed E-state index contributed by atoms with van der Waals surface area (Å²) in [5.41, 5.74) is -1.77. The van der Waals surface area contributed by atoms with Gasteiger partial charge in [-0.25, -0.2) is 8.78 Å². The largest absolute Gasteiger partial charge is 0.383 e. The number of alkyl halides is 2. The van der Waals surface area contributed by atoms with Crippen molar-refractivity contribution in [2.75, 3.05) is 13.1 Å². The summed E-state index contributed by atoms with van der Waals surface area (Å²) in [5.74, 6) is 0. The molecule has 2 nitrogen and oxygen atoms in total. The van der Waals surface area contributed by atoms with Crippen molar-refractivity contribution in [1.29, 1.82) is 0 Å². The molecule has 0 amide bonds. The highest BCUT2D eigenvalue weighted by atomic mass is 35.5. The van der Waals surface area contributed by atoms with Crippen molar-refractivity contribution in [3.63, 3.8) is 0 Å². The van der Waals surface area contributed by atoms with E-state index in [2.05, 4.69) is 5.32 Å². The first-order chi connectivity index (χ1) is 4.65. The Morgan fingerprint density at radius 2 is 2.09 bits per heavy atom. The standard InChI is InChI=1S/C6H11F2NO.ClH/c7-5(8)6(10)2-1-3-9-4-6;/h5,9-10H,1-4H2;1H. The fraction of sp³-hybridized carbons (Fsp3) is 1.00. The third-order valence-electron chi connectivity index (χ3n) is 1.80. The van der Waals surface area contributed by atoms with Gasteiger partial charge in [0.1, 0.15) is 5.60 Å². The third kappa shape index (κ3) is 2.54. The van der Waals surface area contributed by atoms with Crippen LogP contribution in [-0.4, -0.2) is 30.2 Å². The van der Waals surface area contributed by atoms with Gasteiger partial charge in [0.15, 0.2) is 0 Å². The molecule has 1 fully saturated rings. The molecule has 1 heterocycles. The van der Waals surface area contributed by atoms with Gasteiger partial charge < -0.3 is 10.4 Å². The fourth-order valence-electron chi connectivity index (χ4n) is 1.10. The first kappa shape index (κ1) is 11.1. The van der Waals surface area contributed by atoms with Gasteiger partial charge >= 0.3 is 0 Å². The van der Waals surface area contributed by atoms with Crippen molar-refractivity contribution in [2.45, 2.75) is 24.9 Å². The second-order valence-electron chi connectivity index (χ2n) is 2.68. The average molecular weight is 188 g/mol. The SMILES string of the molecule is Cl.OC1(C(F)F)CCCNC1. The van der Waals surface area contributed by atoms with Crippen molar-refractivity contribution in [3.8, 4) is 0 Å². The van der Waals surface area contributed by atoms with Gasteiger partial charge in [0, 0.05) is 6.54 Å². The van der Waals surface area contributed by atoms with Gasteiger partial charge in [0.25, 0.3) is 6.43 Å². The van der Waals surface area contributed by atoms with E-state index < -0.39 is 12.0 Å². The number of rotatable bonds is 1. The molecule has 1 saturated heterocycles. The Bertz CT molecular complexity index is 117. The minimum absolute atomic E-state index is 0. The van der Waals surface area contributed by atoms with Crippen LogP contribution in [0.3, 0.4) is 0 Å². The zero-order valence-corrected chi connectivity index (χ0v) is 6.83. The van der Waals surface area contributed by atoms with E-state index in [4.69, 9.17) is 5.11 Å². The van der Waals surface area contributed by atoms with Crippen LogP contribution in [0.1, 0.15) is 12.8 Å². The molecule has 1 rings (SSSR count). The Labute approximate surface area is 70.4 Å². The highest BCUT2D eigenvalue weighted by molar-refractivity contribution is 5.85. The maximum absolute atomic E-state index is 12.0. The molecule has 0 bridgehead atoms. The van der Waals surface area contributed by atoms with Crippen LogP contribution >= 0.6 is 12.4 Å². The van der Waals surface area contributed by atoms with Gasteiger partial charge in [-0.2, -0.15) is 0 Å². The molecule has 11 heavy (non-hydrogen) atoms. The number of nitrogens with one attached hydrogen (secondary N) is 1. The number of hydrogen-bond donors (Lipinski definition) is 2. The molecule has 0 saturated carbocycles. The summed E-state index contributed by atoms with van der Waals surface area (Å²) < 4.78 is 24.0. The topological polar surface area (TPSA) is 32.3 Å². The first-order valence-electron chi connectivity index (χ1n) is 3.36. The molecule has 0 aromatic heterocycles. The quantitative estimate of drug-likeness (QED) is 0.636. The van der Waals surface area contributed by atoms with E-state index in [0.717, 1.165) is 6.54 Å². The highest BCUT2D eigenvalue weighted by Crippen LogP contribution is 2.22. The predicted octanol–water partition coefficient (Wildman–Crippen LogP) is 0.788. The van der Waals surface area contributed by atoms with Crippen molar-refractivity contribution >= 4 is 12.4 Å². The summed E-state index contributed by atoms with van der Waals surface area (Å²) in [6.45, 7) is 0.750. The van der Waals surface area contributed by atoms with Gasteiger partial charge in [0.2, 0.25) is 0 Å². The molecule has 2 N–H and O–H groups in total. The lowest BCUT2D eigenvalue weighted by Gasteiger charge is -2.31. The molecule has 68 valence electrons. The Kier molecular flexibility index (Phi) is 4.21. The number of halogens is 3. The second-order valence-corrected chi connectivity index (χ2v) is 2.68. The maximum Gasteiger partial charge on any atom is 0.268 e. The van der Waals surface area contributed by atoms with Gasteiger partial charge in [-0.05, 0) is 19.4 Å². The second kappa shape index (κ2) is 4.18. The summed E-state index contributed by atoms with van der Waals surface area (Å²) in [5, 5.41) is 11.9. The lowest BCUT2D eigenvalue weighted by molar-refractivity contribution is -0.107. The monoisotopic (exact) mass is 187 g/mol. The summed E-state index contributed by atoms with van der Waals surface area (Å²) in [7, 11) is 0. The fourth-order valence-corrected chi connectivity index (χ4v) is 1.10. The van der Waals surface area contributed by atoms with E-state index >= 15 is 0 Å². The normalized spacial score (nSPS) is 31.6. The van der Waals surface area contributed by atoms with Crippen molar-refractivity contribution < 1.29 is 13.9 Å². The van der Waals surface area contributed by atoms with E-state index in [0.29, 0.717) is 6.42 Å². The van der Waals surface area contributed by atoms with Crippen LogP contribution in [0.25, 0.3) is 0 Å². The van der Waals surface area contributed by atoms with Gasteiger partial charge in [-0.3, -0.25) is 0 Å². The molecule has 0 aliphatic carbocycles. The van der Waals surface area contributed by atoms with Crippen LogP contribution < -0.4 is 5.32 Å². The van der Waals surface area contributed by atoms with E-state index in [1.807, 2.05) is 0 Å². The molecule has 0 aromatic rings. The lowest BCUT2D eigenvalue weighted by atomic mass is 9.95. The smallest absolute Gasteiger partial charge is 0.268 e. The maximum atomic E-state index is 12.0. The number of hydrogen-bond acceptors (Lipinski definition) is 2. The molecule has 1 unspecified atom stereocenters. The third-order valence-corrected chi connectivity index (χ3v) is 1.80. The van der Waals surface area contributed by atoms with E-state index in [-0.39, 0.29) is 25.4 Å². The minimum atomic E-state index is -2.62. The van der Waals surface area contributed by atoms with Gasteiger partial charge in [-0.15, -0.1) is 12.4 Å². The predicted molar refractivity (Wildman–Crippen MR) is 40.3 cm³/mol. The zero-order valence-electron chi connectivity index (χ0n) is 6.02. The van der Waals surface area contributed by atoms with Crippen LogP contribution in [-0.2, 0) is 0 Å². The van der Waals surface area contributed by atoms with Crippen LogP contribution in [0.2, 0.25) is 0 Å². The molecule has 0 spiro atoms. The molecule has 0 aromatic carbocycles. The number of piperidine rings is 1. The van der Waals surface area contributed by atoms with E-state index in [1.165, 1.54) is 0 Å². The average Bonchev–Trinajstić information content (AvgIpc) is 1.89. The summed E-state index contributed by atoms with van der Waals surface area (Å²) in [6.07, 6.45) is -1.79. The summed E-state index contributed by atoms with van der Waals surface area (Å²) >= 11 is 0. The highest BCUT2D eigenvalue weighted by Gasteiger charge is 2.38. The van der Waals surface area contributed by atoms with E-state index in [1.54, 1.807) is 0 Å². The Balaban J connectivity index is 0.000001000. The molecular formula is C6H12ClF2NO. The van der Waals surface area contributed by atoms with Crippen LogP contribution in [0, 0.1) is 0 Å². The van der Waals surface area contributed by atoms with Crippen LogP contribution in [0.15, 0.2) is 0 Å². The summed E-state index contributed by atoms with van der Waals surface area (Å²) in [6, 6.07) is 0. The van der Waals surface area contributed by atoms with Crippen molar-refractivity contribution in [1.82, 2.24) is 5.32 Å². The molecule has 1 atom stereocenters. The molecule has 1 aliphatic heterocycles. The van der Waals surface area contributed by atoms with Gasteiger partial charge in [-0.1, -0.05) is 0 Å². The van der Waals surface area contributed by atoms with Crippen molar-refractivity contribution in [2.24, 2.45) is 0 Å². The van der Waals surface area contributed by atoms with Gasteiger partial charge in [0.05, 0.1) is 0 Å². The first-order valence-corrected chi connectivity index (χ1v) is 3.36. The Morgan fingerprint density at radius 1 is 1.45 bits per heavy atom. The lowest BCUT2D eigenvalue weighted by Crippen LogP contribution is -2.50. The zero-order chi connectivity index (χ0) is 7.61. The van der Waals surface area contributed by atoms with E-state index in [9.17, 15) is 8.78 Å². The molecule has 0 radical (unpaired) electrons. The molecule has 1 aliphatic rings. The molecule has 5 heteroatoms. The van der Waals surface area contributed by atoms with Crippen LogP contribution in [0.5, 0.6) is 0 Å².